The second kappa shape index (κ2) is 6.72. The lowest BCUT2D eigenvalue weighted by molar-refractivity contribution is 0.0963. The Labute approximate surface area is 153 Å². The smallest absolute Gasteiger partial charge is 0.414 e. The first-order valence-corrected chi connectivity index (χ1v) is 8.14. The Kier molecular flexibility index (Phi) is 4.24. The van der Waals surface area contributed by atoms with Crippen LogP contribution in [0.25, 0.3) is 22.6 Å². The second-order valence-electron chi connectivity index (χ2n) is 6.02. The SMILES string of the molecule is Cn1nnnc1-c1ccc(-c2ccc(N3C[C@H](CO)OC3=O)cc2F)cn1. The van der Waals surface area contributed by atoms with E-state index in [2.05, 4.69) is 20.5 Å². The molecular weight excluding hydrogens is 355 g/mol. The van der Waals surface area contributed by atoms with Gasteiger partial charge in [-0.25, -0.2) is 13.9 Å². The number of nitrogens with zero attached hydrogens (tertiary/aromatic N) is 6. The summed E-state index contributed by atoms with van der Waals surface area (Å²) in [5, 5.41) is 20.3. The molecule has 9 nitrogen and oxygen atoms in total. The first kappa shape index (κ1) is 17.0. The van der Waals surface area contributed by atoms with Crippen molar-refractivity contribution in [2.24, 2.45) is 7.05 Å². The number of aliphatic hydroxyl groups excluding tert-OH is 1. The van der Waals surface area contributed by atoms with Gasteiger partial charge in [0.25, 0.3) is 0 Å². The molecule has 0 bridgehead atoms. The van der Waals surface area contributed by atoms with E-state index in [0.717, 1.165) is 0 Å². The van der Waals surface area contributed by atoms with Crippen LogP contribution in [0.3, 0.4) is 0 Å². The molecular formula is C17H15FN6O3. The van der Waals surface area contributed by atoms with Crippen LogP contribution in [0.2, 0.25) is 0 Å². The number of hydrogen-bond acceptors (Lipinski definition) is 7. The van der Waals surface area contributed by atoms with Gasteiger partial charge in [-0.15, -0.1) is 5.10 Å². The Hall–Kier alpha value is -3.40. The molecule has 3 heterocycles. The molecule has 2 aromatic heterocycles. The number of carbonyl (C=O) groups is 1. The monoisotopic (exact) mass is 370 g/mol. The number of carbonyl (C=O) groups excluding carboxylic acids is 1. The maximum Gasteiger partial charge on any atom is 0.414 e. The number of aryl methyl sites for hydroxylation is 1. The van der Waals surface area contributed by atoms with Crippen LogP contribution in [0.5, 0.6) is 0 Å². The molecule has 0 spiro atoms. The van der Waals surface area contributed by atoms with E-state index in [0.29, 0.717) is 28.3 Å². The predicted octanol–water partition coefficient (Wildman–Crippen LogP) is 1.40. The summed E-state index contributed by atoms with van der Waals surface area (Å²) in [4.78, 5) is 17.4. The lowest BCUT2D eigenvalue weighted by Gasteiger charge is -2.14. The quantitative estimate of drug-likeness (QED) is 0.740. The minimum absolute atomic E-state index is 0.177. The van der Waals surface area contributed by atoms with Crippen molar-refractivity contribution in [3.63, 3.8) is 0 Å². The molecule has 1 aliphatic heterocycles. The van der Waals surface area contributed by atoms with E-state index in [1.54, 1.807) is 31.3 Å². The van der Waals surface area contributed by atoms with Crippen molar-refractivity contribution >= 4 is 11.8 Å². The first-order valence-electron chi connectivity index (χ1n) is 8.14. The zero-order valence-electron chi connectivity index (χ0n) is 14.3. The molecule has 1 saturated heterocycles. The lowest BCUT2D eigenvalue weighted by atomic mass is 10.1. The van der Waals surface area contributed by atoms with Crippen LogP contribution in [-0.4, -0.2) is 55.6 Å². The normalized spacial score (nSPS) is 16.6. The van der Waals surface area contributed by atoms with Gasteiger partial charge in [0.2, 0.25) is 0 Å². The summed E-state index contributed by atoms with van der Waals surface area (Å²) < 4.78 is 21.1. The Bertz CT molecular complexity index is 991. The first-order chi connectivity index (χ1) is 13.1. The highest BCUT2D eigenvalue weighted by Gasteiger charge is 2.32. The van der Waals surface area contributed by atoms with Crippen LogP contribution < -0.4 is 4.90 Å². The molecule has 27 heavy (non-hydrogen) atoms. The largest absolute Gasteiger partial charge is 0.441 e. The summed E-state index contributed by atoms with van der Waals surface area (Å²) in [7, 11) is 1.70. The highest BCUT2D eigenvalue weighted by Crippen LogP contribution is 2.29. The van der Waals surface area contributed by atoms with Gasteiger partial charge in [-0.3, -0.25) is 9.88 Å². The van der Waals surface area contributed by atoms with E-state index < -0.39 is 18.0 Å². The number of amides is 1. The van der Waals surface area contributed by atoms with E-state index in [4.69, 9.17) is 9.84 Å². The number of aromatic nitrogens is 5. The van der Waals surface area contributed by atoms with Crippen LogP contribution in [0.15, 0.2) is 36.5 Å². The van der Waals surface area contributed by atoms with E-state index in [1.165, 1.54) is 21.8 Å². The molecule has 10 heteroatoms. The molecule has 1 atom stereocenters. The topological polar surface area (TPSA) is 106 Å². The van der Waals surface area contributed by atoms with Crippen molar-refractivity contribution in [2.45, 2.75) is 6.10 Å². The highest BCUT2D eigenvalue weighted by molar-refractivity contribution is 5.90. The van der Waals surface area contributed by atoms with Crippen molar-refractivity contribution in [1.82, 2.24) is 25.2 Å². The van der Waals surface area contributed by atoms with Gasteiger partial charge in [0.05, 0.1) is 18.8 Å². The number of tetrazole rings is 1. The molecule has 0 radical (unpaired) electrons. The molecule has 4 rings (SSSR count). The number of ether oxygens (including phenoxy) is 1. The summed E-state index contributed by atoms with van der Waals surface area (Å²) >= 11 is 0. The van der Waals surface area contributed by atoms with Gasteiger partial charge in [0, 0.05) is 24.4 Å². The number of aliphatic hydroxyl groups is 1. The van der Waals surface area contributed by atoms with Crippen molar-refractivity contribution < 1.29 is 19.0 Å². The summed E-state index contributed by atoms with van der Waals surface area (Å²) in [6.45, 7) is -0.0992. The Morgan fingerprint density at radius 1 is 1.33 bits per heavy atom. The lowest BCUT2D eigenvalue weighted by Crippen LogP contribution is -2.25. The van der Waals surface area contributed by atoms with Crippen molar-refractivity contribution in [3.05, 3.63) is 42.3 Å². The molecule has 1 aromatic carbocycles. The van der Waals surface area contributed by atoms with E-state index in [9.17, 15) is 9.18 Å². The van der Waals surface area contributed by atoms with Crippen LogP contribution >= 0.6 is 0 Å². The van der Waals surface area contributed by atoms with Gasteiger partial charge in [-0.1, -0.05) is 6.07 Å². The van der Waals surface area contributed by atoms with Crippen LogP contribution in [-0.2, 0) is 11.8 Å². The Balaban J connectivity index is 1.60. The molecule has 1 fully saturated rings. The minimum atomic E-state index is -0.607. The fourth-order valence-corrected chi connectivity index (χ4v) is 2.87. The Morgan fingerprint density at radius 2 is 2.19 bits per heavy atom. The molecule has 1 amide bonds. The van der Waals surface area contributed by atoms with Gasteiger partial charge in [-0.2, -0.15) is 0 Å². The number of rotatable bonds is 4. The molecule has 1 aliphatic rings. The molecule has 0 aliphatic carbocycles. The summed E-state index contributed by atoms with van der Waals surface area (Å²) in [6.07, 6.45) is 0.324. The van der Waals surface area contributed by atoms with Crippen LogP contribution in [0.1, 0.15) is 0 Å². The zero-order valence-corrected chi connectivity index (χ0v) is 14.3. The maximum absolute atomic E-state index is 14.6. The van der Waals surface area contributed by atoms with Crippen molar-refractivity contribution in [1.29, 1.82) is 0 Å². The van der Waals surface area contributed by atoms with Crippen molar-refractivity contribution in [2.75, 3.05) is 18.1 Å². The third-order valence-electron chi connectivity index (χ3n) is 4.27. The van der Waals surface area contributed by atoms with E-state index >= 15 is 0 Å². The number of cyclic esters (lactones) is 1. The van der Waals surface area contributed by atoms with Gasteiger partial charge >= 0.3 is 6.09 Å². The average Bonchev–Trinajstić information content (AvgIpc) is 3.27. The fraction of sp³-hybridized carbons (Fsp3) is 0.235. The molecule has 3 aromatic rings. The summed E-state index contributed by atoms with van der Waals surface area (Å²) in [5.74, 6) is 0.00553. The average molecular weight is 370 g/mol. The van der Waals surface area contributed by atoms with Crippen LogP contribution in [0, 0.1) is 5.82 Å². The molecule has 1 N–H and O–H groups in total. The number of anilines is 1. The van der Waals surface area contributed by atoms with Gasteiger partial charge < -0.3 is 9.84 Å². The summed E-state index contributed by atoms with van der Waals surface area (Å²) in [5.41, 5.74) is 1.86. The minimum Gasteiger partial charge on any atom is -0.441 e. The summed E-state index contributed by atoms with van der Waals surface area (Å²) in [6, 6.07) is 7.89. The number of hydrogen-bond donors (Lipinski definition) is 1. The predicted molar refractivity (Wildman–Crippen MR) is 92.1 cm³/mol. The fourth-order valence-electron chi connectivity index (χ4n) is 2.87. The maximum atomic E-state index is 14.6. The zero-order chi connectivity index (χ0) is 19.0. The van der Waals surface area contributed by atoms with Crippen LogP contribution in [0.4, 0.5) is 14.9 Å². The molecule has 0 saturated carbocycles. The number of pyridine rings is 1. The molecule has 138 valence electrons. The van der Waals surface area contributed by atoms with Gasteiger partial charge in [-0.05, 0) is 34.7 Å². The number of benzene rings is 1. The standard InChI is InChI=1S/C17H15FN6O3/c1-23-16(20-21-22-23)15-5-2-10(7-19-15)13-4-3-11(6-14(13)18)24-8-12(9-25)27-17(24)26/h2-7,12,25H,8-9H2,1H3/t12-/m1/s1. The second-order valence-corrected chi connectivity index (χ2v) is 6.02. The van der Waals surface area contributed by atoms with Gasteiger partial charge in [0.15, 0.2) is 5.82 Å². The number of halogens is 1. The third-order valence-corrected chi connectivity index (χ3v) is 4.27. The van der Waals surface area contributed by atoms with E-state index in [-0.39, 0.29) is 13.2 Å². The molecule has 0 unspecified atom stereocenters. The van der Waals surface area contributed by atoms with E-state index in [1.807, 2.05) is 0 Å². The van der Waals surface area contributed by atoms with Gasteiger partial charge in [0.1, 0.15) is 17.6 Å². The van der Waals surface area contributed by atoms with Crippen molar-refractivity contribution in [3.8, 4) is 22.6 Å². The third kappa shape index (κ3) is 3.10. The highest BCUT2D eigenvalue weighted by atomic mass is 19.1. The Morgan fingerprint density at radius 3 is 2.78 bits per heavy atom.